The number of aromatic nitrogens is 2. The molecule has 1 fully saturated rings. The van der Waals surface area contributed by atoms with Crippen LogP contribution in [0.2, 0.25) is 0 Å². The van der Waals surface area contributed by atoms with E-state index in [0.29, 0.717) is 24.8 Å². The Morgan fingerprint density at radius 3 is 2.79 bits per heavy atom. The second-order valence-electron chi connectivity index (χ2n) is 7.43. The zero-order chi connectivity index (χ0) is 19.8. The van der Waals surface area contributed by atoms with Crippen molar-refractivity contribution in [2.75, 3.05) is 25.0 Å². The van der Waals surface area contributed by atoms with Crippen LogP contribution >= 0.6 is 0 Å². The van der Waals surface area contributed by atoms with Gasteiger partial charge in [0, 0.05) is 19.3 Å². The van der Waals surface area contributed by atoms with Gasteiger partial charge in [-0.2, -0.15) is 5.10 Å². The number of likely N-dealkylation sites (tertiary alicyclic amines) is 1. The van der Waals surface area contributed by atoms with Crippen molar-refractivity contribution >= 4 is 17.9 Å². The minimum atomic E-state index is -0.125. The number of hydrogen-bond donors (Lipinski definition) is 1. The number of carbonyl (C=O) groups excluding carboxylic acids is 1. The molecule has 1 aromatic carbocycles. The average molecular weight is 380 g/mol. The van der Waals surface area contributed by atoms with E-state index in [2.05, 4.69) is 47.6 Å². The Morgan fingerprint density at radius 2 is 2.07 bits per heavy atom. The summed E-state index contributed by atoms with van der Waals surface area (Å²) in [5.41, 5.74) is 2.50. The van der Waals surface area contributed by atoms with Gasteiger partial charge in [0.2, 0.25) is 0 Å². The van der Waals surface area contributed by atoms with Crippen molar-refractivity contribution in [3.05, 3.63) is 53.7 Å². The first-order chi connectivity index (χ1) is 13.6. The Labute approximate surface area is 166 Å². The summed E-state index contributed by atoms with van der Waals surface area (Å²) < 4.78 is 5.85. The number of hydrogen-bond acceptors (Lipinski definition) is 4. The number of ether oxygens (including phenoxy) is 1. The van der Waals surface area contributed by atoms with Crippen molar-refractivity contribution in [2.45, 2.75) is 33.1 Å². The van der Waals surface area contributed by atoms with Gasteiger partial charge >= 0.3 is 6.03 Å². The van der Waals surface area contributed by atoms with Crippen molar-refractivity contribution in [3.63, 3.8) is 0 Å². The van der Waals surface area contributed by atoms with E-state index in [1.165, 1.54) is 5.57 Å². The summed E-state index contributed by atoms with van der Waals surface area (Å²) in [4.78, 5) is 14.2. The van der Waals surface area contributed by atoms with Gasteiger partial charge < -0.3 is 9.64 Å². The third kappa shape index (κ3) is 6.08. The molecule has 1 aliphatic rings. The van der Waals surface area contributed by atoms with Crippen LogP contribution in [0.25, 0.3) is 6.08 Å². The van der Waals surface area contributed by atoms with Crippen LogP contribution in [0.15, 0.2) is 48.2 Å². The highest BCUT2D eigenvalue weighted by atomic mass is 16.5. The topological polar surface area (TPSA) is 67.3 Å². The molecule has 6 heteroatoms. The summed E-state index contributed by atoms with van der Waals surface area (Å²) in [5.74, 6) is 2.03. The second-order valence-corrected chi connectivity index (χ2v) is 7.43. The van der Waals surface area contributed by atoms with E-state index >= 15 is 0 Å². The van der Waals surface area contributed by atoms with Crippen LogP contribution in [-0.4, -0.2) is 40.8 Å². The molecule has 6 nitrogen and oxygen atoms in total. The molecular formula is C22H28N4O2. The van der Waals surface area contributed by atoms with Crippen LogP contribution in [-0.2, 0) is 0 Å². The van der Waals surface area contributed by atoms with E-state index in [9.17, 15) is 4.79 Å². The molecule has 3 rings (SSSR count). The first-order valence-corrected chi connectivity index (χ1v) is 9.86. The Hall–Kier alpha value is -2.89. The molecule has 2 amide bonds. The highest BCUT2D eigenvalue weighted by Crippen LogP contribution is 2.22. The first kappa shape index (κ1) is 19.9. The zero-order valence-electron chi connectivity index (χ0n) is 16.6. The minimum Gasteiger partial charge on any atom is -0.494 e. The molecule has 1 saturated heterocycles. The van der Waals surface area contributed by atoms with E-state index in [0.717, 1.165) is 37.2 Å². The molecule has 1 aromatic heterocycles. The van der Waals surface area contributed by atoms with Gasteiger partial charge in [0.15, 0.2) is 5.82 Å². The van der Waals surface area contributed by atoms with Gasteiger partial charge in [-0.1, -0.05) is 37.6 Å². The Kier molecular flexibility index (Phi) is 7.00. The molecule has 0 spiro atoms. The fraction of sp³-hybridized carbons (Fsp3) is 0.409. The molecular weight excluding hydrogens is 352 g/mol. The molecule has 28 heavy (non-hydrogen) atoms. The highest BCUT2D eigenvalue weighted by molar-refractivity contribution is 5.88. The second kappa shape index (κ2) is 9.88. The Morgan fingerprint density at radius 1 is 1.25 bits per heavy atom. The summed E-state index contributed by atoms with van der Waals surface area (Å²) in [7, 11) is 0. The van der Waals surface area contributed by atoms with Crippen LogP contribution in [0.5, 0.6) is 5.75 Å². The molecule has 0 radical (unpaired) electrons. The number of benzene rings is 1. The van der Waals surface area contributed by atoms with E-state index in [4.69, 9.17) is 4.74 Å². The summed E-state index contributed by atoms with van der Waals surface area (Å²) >= 11 is 0. The number of nitrogens with zero attached hydrogens (tertiary/aromatic N) is 3. The van der Waals surface area contributed by atoms with Gasteiger partial charge in [-0.05, 0) is 55.0 Å². The lowest BCUT2D eigenvalue weighted by atomic mass is 10.0. The maximum absolute atomic E-state index is 12.3. The SMILES string of the molecule is CC(C)CCOc1cccc(C=C2CCN(C(=O)Nc3cccnn3)CC2)c1. The number of anilines is 1. The monoisotopic (exact) mass is 380 g/mol. The first-order valence-electron chi connectivity index (χ1n) is 9.86. The fourth-order valence-electron chi connectivity index (χ4n) is 3.04. The Balaban J connectivity index is 1.51. The number of rotatable bonds is 6. The summed E-state index contributed by atoms with van der Waals surface area (Å²) in [6, 6.07) is 11.6. The molecule has 148 valence electrons. The molecule has 0 saturated carbocycles. The molecule has 2 heterocycles. The molecule has 2 aromatic rings. The zero-order valence-corrected chi connectivity index (χ0v) is 16.6. The highest BCUT2D eigenvalue weighted by Gasteiger charge is 2.19. The van der Waals surface area contributed by atoms with Gasteiger partial charge in [0.05, 0.1) is 6.61 Å². The number of urea groups is 1. The van der Waals surface area contributed by atoms with E-state index in [1.54, 1.807) is 18.3 Å². The molecule has 0 atom stereocenters. The average Bonchev–Trinajstić information content (AvgIpc) is 2.69. The van der Waals surface area contributed by atoms with Crippen molar-refractivity contribution in [3.8, 4) is 5.75 Å². The van der Waals surface area contributed by atoms with Crippen LogP contribution < -0.4 is 10.1 Å². The molecule has 1 N–H and O–H groups in total. The lowest BCUT2D eigenvalue weighted by Crippen LogP contribution is -2.39. The summed E-state index contributed by atoms with van der Waals surface area (Å²) in [6.45, 7) is 6.53. The Bertz CT molecular complexity index is 795. The van der Waals surface area contributed by atoms with Gasteiger partial charge in [-0.15, -0.1) is 5.10 Å². The maximum atomic E-state index is 12.3. The number of piperidine rings is 1. The largest absolute Gasteiger partial charge is 0.494 e. The van der Waals surface area contributed by atoms with Gasteiger partial charge in [-0.3, -0.25) is 5.32 Å². The number of carbonyl (C=O) groups is 1. The lowest BCUT2D eigenvalue weighted by Gasteiger charge is -2.28. The lowest BCUT2D eigenvalue weighted by molar-refractivity contribution is 0.207. The van der Waals surface area contributed by atoms with Gasteiger partial charge in [0.25, 0.3) is 0 Å². The minimum absolute atomic E-state index is 0.125. The van der Waals surface area contributed by atoms with Crippen molar-refractivity contribution in [1.29, 1.82) is 0 Å². The number of amides is 2. The van der Waals surface area contributed by atoms with E-state index in [-0.39, 0.29) is 6.03 Å². The predicted molar refractivity (Wildman–Crippen MR) is 111 cm³/mol. The normalized spacial score (nSPS) is 14.1. The maximum Gasteiger partial charge on any atom is 0.323 e. The van der Waals surface area contributed by atoms with E-state index in [1.807, 2.05) is 17.0 Å². The molecule has 0 aliphatic carbocycles. The van der Waals surface area contributed by atoms with Crippen molar-refractivity contribution in [2.24, 2.45) is 5.92 Å². The predicted octanol–water partition coefficient (Wildman–Crippen LogP) is 4.61. The van der Waals surface area contributed by atoms with E-state index < -0.39 is 0 Å². The quantitative estimate of drug-likeness (QED) is 0.794. The fourth-order valence-corrected chi connectivity index (χ4v) is 3.04. The van der Waals surface area contributed by atoms with Crippen LogP contribution in [0, 0.1) is 5.92 Å². The third-order valence-electron chi connectivity index (χ3n) is 4.69. The third-order valence-corrected chi connectivity index (χ3v) is 4.69. The van der Waals surface area contributed by atoms with Gasteiger partial charge in [0.1, 0.15) is 5.75 Å². The summed E-state index contributed by atoms with van der Waals surface area (Å²) in [5, 5.41) is 10.5. The van der Waals surface area contributed by atoms with Gasteiger partial charge in [-0.25, -0.2) is 4.79 Å². The standard InChI is InChI=1S/C22H28N4O2/c1-17(2)10-14-28-20-6-3-5-19(16-20)15-18-8-12-26(13-9-18)22(27)24-21-7-4-11-23-25-21/h3-7,11,15-17H,8-10,12-14H2,1-2H3,(H,24,25,27). The molecule has 0 unspecified atom stereocenters. The van der Waals surface area contributed by atoms with Crippen LogP contribution in [0.4, 0.5) is 10.6 Å². The van der Waals surface area contributed by atoms with Crippen LogP contribution in [0.3, 0.4) is 0 Å². The molecule has 0 bridgehead atoms. The van der Waals surface area contributed by atoms with Crippen molar-refractivity contribution in [1.82, 2.24) is 15.1 Å². The van der Waals surface area contributed by atoms with Crippen molar-refractivity contribution < 1.29 is 9.53 Å². The molecule has 1 aliphatic heterocycles. The smallest absolute Gasteiger partial charge is 0.323 e. The van der Waals surface area contributed by atoms with Crippen LogP contribution in [0.1, 0.15) is 38.7 Å². The summed E-state index contributed by atoms with van der Waals surface area (Å²) in [6.07, 6.45) is 6.58. The number of nitrogens with one attached hydrogen (secondary N) is 1.